The molecule has 0 aliphatic carbocycles. The van der Waals surface area contributed by atoms with Gasteiger partial charge in [-0.25, -0.2) is 4.98 Å². The molecule has 1 saturated heterocycles. The summed E-state index contributed by atoms with van der Waals surface area (Å²) in [5.74, 6) is 2.37. The van der Waals surface area contributed by atoms with E-state index in [9.17, 15) is 0 Å². The van der Waals surface area contributed by atoms with E-state index in [0.717, 1.165) is 24.7 Å². The molecule has 2 rings (SSSR count). The summed E-state index contributed by atoms with van der Waals surface area (Å²) >= 11 is 0. The first-order valence-electron chi connectivity index (χ1n) is 7.44. The minimum Gasteiger partial charge on any atom is -0.444 e. The third-order valence-corrected chi connectivity index (χ3v) is 4.23. The van der Waals surface area contributed by atoms with E-state index in [-0.39, 0.29) is 6.04 Å². The molecule has 108 valence electrons. The molecule has 0 amide bonds. The molecule has 3 atom stereocenters. The smallest absolute Gasteiger partial charge is 0.211 e. The van der Waals surface area contributed by atoms with Gasteiger partial charge in [0.1, 0.15) is 5.76 Å². The molecule has 0 saturated carbocycles. The van der Waals surface area contributed by atoms with Gasteiger partial charge in [-0.05, 0) is 26.2 Å². The van der Waals surface area contributed by atoms with Gasteiger partial charge < -0.3 is 9.73 Å². The first-order valence-corrected chi connectivity index (χ1v) is 7.44. The second-order valence-electron chi connectivity index (χ2n) is 6.01. The lowest BCUT2D eigenvalue weighted by Crippen LogP contribution is -2.58. The Hall–Kier alpha value is -0.870. The van der Waals surface area contributed by atoms with Gasteiger partial charge in [0.2, 0.25) is 5.89 Å². The first kappa shape index (κ1) is 14.5. The van der Waals surface area contributed by atoms with Gasteiger partial charge in [0.05, 0.1) is 12.2 Å². The van der Waals surface area contributed by atoms with Crippen LogP contribution in [0.15, 0.2) is 10.6 Å². The number of nitrogens with zero attached hydrogens (tertiary/aromatic N) is 2. The molecule has 19 heavy (non-hydrogen) atoms. The Bertz CT molecular complexity index is 402. The number of hydrogen-bond acceptors (Lipinski definition) is 4. The lowest BCUT2D eigenvalue weighted by molar-refractivity contribution is 0.0499. The van der Waals surface area contributed by atoms with Crippen LogP contribution in [0.25, 0.3) is 0 Å². The molecular weight excluding hydrogens is 238 g/mol. The number of oxazole rings is 1. The SMILES string of the molecule is CCC1CN(C(C)c2ncc(C)o2)C(C(C)C)CN1. The van der Waals surface area contributed by atoms with Crippen molar-refractivity contribution in [3.05, 3.63) is 17.8 Å². The maximum atomic E-state index is 5.72. The van der Waals surface area contributed by atoms with Crippen molar-refractivity contribution in [2.45, 2.75) is 59.2 Å². The van der Waals surface area contributed by atoms with Crippen molar-refractivity contribution in [1.29, 1.82) is 0 Å². The standard InChI is InChI=1S/C15H27N3O/c1-6-13-9-18(14(8-16-13)10(2)3)12(5)15-17-7-11(4)19-15/h7,10,12-14,16H,6,8-9H2,1-5H3. The monoisotopic (exact) mass is 265 g/mol. The molecule has 4 nitrogen and oxygen atoms in total. The second-order valence-corrected chi connectivity index (χ2v) is 6.01. The molecule has 1 aromatic heterocycles. The fraction of sp³-hybridized carbons (Fsp3) is 0.800. The molecule has 0 spiro atoms. The highest BCUT2D eigenvalue weighted by atomic mass is 16.4. The van der Waals surface area contributed by atoms with E-state index in [4.69, 9.17) is 4.42 Å². The first-order chi connectivity index (χ1) is 9.02. The van der Waals surface area contributed by atoms with E-state index in [1.165, 1.54) is 6.42 Å². The average Bonchev–Trinajstić information content (AvgIpc) is 2.83. The van der Waals surface area contributed by atoms with E-state index >= 15 is 0 Å². The summed E-state index contributed by atoms with van der Waals surface area (Å²) in [4.78, 5) is 6.96. The third-order valence-electron chi connectivity index (χ3n) is 4.23. The highest BCUT2D eigenvalue weighted by Crippen LogP contribution is 2.27. The summed E-state index contributed by atoms with van der Waals surface area (Å²) in [7, 11) is 0. The summed E-state index contributed by atoms with van der Waals surface area (Å²) in [6.07, 6.45) is 2.98. The van der Waals surface area contributed by atoms with Crippen molar-refractivity contribution in [3.8, 4) is 0 Å². The summed E-state index contributed by atoms with van der Waals surface area (Å²) in [6, 6.07) is 1.37. The number of aryl methyl sites for hydroxylation is 1. The quantitative estimate of drug-likeness (QED) is 0.909. The Balaban J connectivity index is 2.16. The van der Waals surface area contributed by atoms with Crippen molar-refractivity contribution in [3.63, 3.8) is 0 Å². The van der Waals surface area contributed by atoms with Crippen LogP contribution >= 0.6 is 0 Å². The summed E-state index contributed by atoms with van der Waals surface area (Å²) in [5, 5.41) is 3.65. The zero-order chi connectivity index (χ0) is 14.0. The number of hydrogen-bond donors (Lipinski definition) is 1. The van der Waals surface area contributed by atoms with E-state index in [0.29, 0.717) is 18.0 Å². The fourth-order valence-electron chi connectivity index (χ4n) is 2.90. The van der Waals surface area contributed by atoms with Crippen LogP contribution in [0.1, 0.15) is 51.8 Å². The maximum absolute atomic E-state index is 5.72. The summed E-state index contributed by atoms with van der Waals surface area (Å²) in [5.41, 5.74) is 0. The molecule has 1 aliphatic heterocycles. The highest BCUT2D eigenvalue weighted by Gasteiger charge is 2.34. The van der Waals surface area contributed by atoms with E-state index in [1.807, 2.05) is 13.1 Å². The van der Waals surface area contributed by atoms with Gasteiger partial charge >= 0.3 is 0 Å². The van der Waals surface area contributed by atoms with Gasteiger partial charge in [-0.3, -0.25) is 4.90 Å². The molecule has 0 aromatic carbocycles. The number of aromatic nitrogens is 1. The Labute approximate surface area is 116 Å². The lowest BCUT2D eigenvalue weighted by atomic mass is 9.96. The molecule has 3 unspecified atom stereocenters. The minimum atomic E-state index is 0.247. The molecule has 4 heteroatoms. The predicted molar refractivity (Wildman–Crippen MR) is 77.1 cm³/mol. The van der Waals surface area contributed by atoms with Crippen molar-refractivity contribution in [2.75, 3.05) is 13.1 Å². The molecule has 1 aliphatic rings. The van der Waals surface area contributed by atoms with Crippen LogP contribution in [0.3, 0.4) is 0 Å². The van der Waals surface area contributed by atoms with E-state index in [1.54, 1.807) is 0 Å². The van der Waals surface area contributed by atoms with E-state index < -0.39 is 0 Å². The summed E-state index contributed by atoms with van der Waals surface area (Å²) < 4.78 is 5.72. The largest absolute Gasteiger partial charge is 0.444 e. The van der Waals surface area contributed by atoms with Crippen molar-refractivity contribution in [2.24, 2.45) is 5.92 Å². The molecule has 2 heterocycles. The normalized spacial score (nSPS) is 26.8. The van der Waals surface area contributed by atoms with Gasteiger partial charge in [-0.15, -0.1) is 0 Å². The molecule has 1 aromatic rings. The van der Waals surface area contributed by atoms with Crippen LogP contribution in [-0.4, -0.2) is 35.1 Å². The van der Waals surface area contributed by atoms with Gasteiger partial charge in [0.15, 0.2) is 0 Å². The van der Waals surface area contributed by atoms with E-state index in [2.05, 4.69) is 42.9 Å². The Morgan fingerprint density at radius 1 is 1.47 bits per heavy atom. The molecule has 0 bridgehead atoms. The van der Waals surface area contributed by atoms with Crippen LogP contribution in [0, 0.1) is 12.8 Å². The number of rotatable bonds is 4. The van der Waals surface area contributed by atoms with Gasteiger partial charge in [-0.2, -0.15) is 0 Å². The molecular formula is C15H27N3O. The van der Waals surface area contributed by atoms with Crippen LogP contribution in [0.4, 0.5) is 0 Å². The fourth-order valence-corrected chi connectivity index (χ4v) is 2.90. The number of nitrogens with one attached hydrogen (secondary N) is 1. The third kappa shape index (κ3) is 3.18. The second kappa shape index (κ2) is 6.06. The topological polar surface area (TPSA) is 41.3 Å². The van der Waals surface area contributed by atoms with Gasteiger partial charge in [-0.1, -0.05) is 20.8 Å². The Morgan fingerprint density at radius 3 is 2.74 bits per heavy atom. The van der Waals surface area contributed by atoms with Crippen molar-refractivity contribution >= 4 is 0 Å². The van der Waals surface area contributed by atoms with Crippen molar-refractivity contribution in [1.82, 2.24) is 15.2 Å². The zero-order valence-corrected chi connectivity index (χ0v) is 12.8. The van der Waals surface area contributed by atoms with Crippen LogP contribution in [0.2, 0.25) is 0 Å². The Kier molecular flexibility index (Phi) is 4.63. The lowest BCUT2D eigenvalue weighted by Gasteiger charge is -2.44. The minimum absolute atomic E-state index is 0.247. The number of piperazine rings is 1. The highest BCUT2D eigenvalue weighted by molar-refractivity contribution is 4.99. The summed E-state index contributed by atoms with van der Waals surface area (Å²) in [6.45, 7) is 13.1. The van der Waals surface area contributed by atoms with Crippen LogP contribution < -0.4 is 5.32 Å². The van der Waals surface area contributed by atoms with Crippen LogP contribution in [-0.2, 0) is 0 Å². The van der Waals surface area contributed by atoms with Gasteiger partial charge in [0.25, 0.3) is 0 Å². The molecule has 1 N–H and O–H groups in total. The maximum Gasteiger partial charge on any atom is 0.211 e. The average molecular weight is 265 g/mol. The molecule has 0 radical (unpaired) electrons. The van der Waals surface area contributed by atoms with Gasteiger partial charge in [0, 0.05) is 25.2 Å². The van der Waals surface area contributed by atoms with Crippen molar-refractivity contribution < 1.29 is 4.42 Å². The predicted octanol–water partition coefficient (Wildman–Crippen LogP) is 2.75. The Morgan fingerprint density at radius 2 is 2.21 bits per heavy atom. The van der Waals surface area contributed by atoms with Crippen LogP contribution in [0.5, 0.6) is 0 Å². The zero-order valence-electron chi connectivity index (χ0n) is 12.8. The molecule has 1 fully saturated rings.